The van der Waals surface area contributed by atoms with E-state index in [9.17, 15) is 9.18 Å². The highest BCUT2D eigenvalue weighted by Gasteiger charge is 2.40. The van der Waals surface area contributed by atoms with Crippen LogP contribution in [0.2, 0.25) is 0 Å². The van der Waals surface area contributed by atoms with E-state index in [1.165, 1.54) is 17.0 Å². The summed E-state index contributed by atoms with van der Waals surface area (Å²) in [6.45, 7) is 0.472. The Balaban J connectivity index is 1.47. The van der Waals surface area contributed by atoms with Crippen LogP contribution in [-0.2, 0) is 6.42 Å². The van der Waals surface area contributed by atoms with E-state index >= 15 is 0 Å². The van der Waals surface area contributed by atoms with Gasteiger partial charge in [0, 0.05) is 30.8 Å². The molecular weight excluding hydrogens is 375 g/mol. The van der Waals surface area contributed by atoms with E-state index in [0.29, 0.717) is 30.1 Å². The number of nitrogens with one attached hydrogen (secondary N) is 1. The number of amides is 1. The van der Waals surface area contributed by atoms with Gasteiger partial charge < -0.3 is 14.3 Å². The number of nitrogens with zero attached hydrogens (tertiary/aromatic N) is 5. The van der Waals surface area contributed by atoms with Gasteiger partial charge in [0.15, 0.2) is 6.39 Å². The van der Waals surface area contributed by atoms with Gasteiger partial charge in [0.1, 0.15) is 17.4 Å². The molecule has 1 saturated carbocycles. The third-order valence-electron chi connectivity index (χ3n) is 5.69. The second kappa shape index (κ2) is 6.00. The number of carbonyl (C=O) groups is 1. The van der Waals surface area contributed by atoms with Crippen molar-refractivity contribution < 1.29 is 13.6 Å². The minimum Gasteiger partial charge on any atom is -0.438 e. The zero-order valence-corrected chi connectivity index (χ0v) is 15.4. The molecule has 8 nitrogen and oxygen atoms in total. The molecule has 0 aromatic carbocycles. The topological polar surface area (TPSA) is 92.3 Å². The number of pyridine rings is 1. The number of imidazole rings is 1. The second-order valence-electron chi connectivity index (χ2n) is 7.51. The number of halogens is 1. The number of oxazole rings is 1. The summed E-state index contributed by atoms with van der Waals surface area (Å²) >= 11 is 0. The quantitative estimate of drug-likeness (QED) is 0.579. The first kappa shape index (κ1) is 16.5. The van der Waals surface area contributed by atoms with E-state index in [1.807, 2.05) is 0 Å². The standard InChI is InChI=1S/C20H17FN6O2/c21-12-2-1-6-27-15(12)8-14(25-27)18-17-13(22-9-23-17)5-7-26(18)20(28)19-16(11-3-4-11)24-10-29-19/h1-2,6,8-11,18H,3-5,7H2,(H,22,23)/t18-/m0/s1. The van der Waals surface area contributed by atoms with Crippen molar-refractivity contribution in [2.75, 3.05) is 6.54 Å². The van der Waals surface area contributed by atoms with Crippen LogP contribution in [0.25, 0.3) is 5.52 Å². The Bertz CT molecular complexity index is 1240. The Morgan fingerprint density at radius 1 is 1.28 bits per heavy atom. The van der Waals surface area contributed by atoms with Gasteiger partial charge in [-0.05, 0) is 31.0 Å². The van der Waals surface area contributed by atoms with Crippen LogP contribution in [0.1, 0.15) is 58.1 Å². The molecule has 29 heavy (non-hydrogen) atoms. The van der Waals surface area contributed by atoms with Crippen molar-refractivity contribution in [1.82, 2.24) is 29.5 Å². The molecule has 9 heteroatoms. The summed E-state index contributed by atoms with van der Waals surface area (Å²) in [5.41, 5.74) is 3.32. The van der Waals surface area contributed by atoms with Crippen LogP contribution in [0.5, 0.6) is 0 Å². The fourth-order valence-electron chi connectivity index (χ4n) is 4.12. The molecule has 1 N–H and O–H groups in total. The number of rotatable bonds is 3. The van der Waals surface area contributed by atoms with Crippen molar-refractivity contribution in [3.63, 3.8) is 0 Å². The largest absolute Gasteiger partial charge is 0.438 e. The zero-order valence-electron chi connectivity index (χ0n) is 15.4. The lowest BCUT2D eigenvalue weighted by atomic mass is 9.99. The van der Waals surface area contributed by atoms with Crippen LogP contribution in [0, 0.1) is 5.82 Å². The van der Waals surface area contributed by atoms with E-state index in [0.717, 1.165) is 29.9 Å². The number of carbonyl (C=O) groups excluding carboxylic acids is 1. The monoisotopic (exact) mass is 392 g/mol. The second-order valence-corrected chi connectivity index (χ2v) is 7.51. The molecule has 4 aromatic rings. The van der Waals surface area contributed by atoms with E-state index in [1.54, 1.807) is 29.6 Å². The van der Waals surface area contributed by atoms with Gasteiger partial charge >= 0.3 is 0 Å². The molecule has 1 aliphatic heterocycles. The molecule has 1 amide bonds. The first-order chi connectivity index (χ1) is 14.2. The summed E-state index contributed by atoms with van der Waals surface area (Å²) in [6.07, 6.45) is 7.32. The fraction of sp³-hybridized carbons (Fsp3) is 0.300. The van der Waals surface area contributed by atoms with Gasteiger partial charge in [-0.15, -0.1) is 0 Å². The third-order valence-corrected chi connectivity index (χ3v) is 5.69. The van der Waals surface area contributed by atoms with Gasteiger partial charge in [0.25, 0.3) is 5.91 Å². The molecule has 146 valence electrons. The Hall–Kier alpha value is -3.49. The van der Waals surface area contributed by atoms with E-state index in [4.69, 9.17) is 4.42 Å². The van der Waals surface area contributed by atoms with Crippen LogP contribution in [0.3, 0.4) is 0 Å². The van der Waals surface area contributed by atoms with Crippen LogP contribution in [-0.4, -0.2) is 41.9 Å². The predicted octanol–water partition coefficient (Wildman–Crippen LogP) is 2.85. The molecule has 1 atom stereocenters. The van der Waals surface area contributed by atoms with E-state index < -0.39 is 6.04 Å². The van der Waals surface area contributed by atoms with Gasteiger partial charge in [-0.2, -0.15) is 5.10 Å². The fourth-order valence-corrected chi connectivity index (χ4v) is 4.12. The minimum absolute atomic E-state index is 0.236. The Morgan fingerprint density at radius 2 is 2.17 bits per heavy atom. The van der Waals surface area contributed by atoms with Crippen LogP contribution in [0.15, 0.2) is 41.5 Å². The van der Waals surface area contributed by atoms with Crippen molar-refractivity contribution in [3.05, 3.63) is 71.5 Å². The molecule has 0 unspecified atom stereocenters. The van der Waals surface area contributed by atoms with Crippen LogP contribution < -0.4 is 0 Å². The molecule has 0 spiro atoms. The summed E-state index contributed by atoms with van der Waals surface area (Å²) < 4.78 is 21.2. The molecule has 6 rings (SSSR count). The average Bonchev–Trinajstić information content (AvgIpc) is 3.13. The van der Waals surface area contributed by atoms with Crippen molar-refractivity contribution in [3.8, 4) is 0 Å². The van der Waals surface area contributed by atoms with E-state index in [-0.39, 0.29) is 17.5 Å². The van der Waals surface area contributed by atoms with Gasteiger partial charge in [-0.1, -0.05) is 0 Å². The summed E-state index contributed by atoms with van der Waals surface area (Å²) in [6, 6.07) is 4.13. The summed E-state index contributed by atoms with van der Waals surface area (Å²) in [7, 11) is 0. The minimum atomic E-state index is -0.533. The number of aromatic amines is 1. The number of hydrogen-bond donors (Lipinski definition) is 1. The maximum Gasteiger partial charge on any atom is 0.292 e. The van der Waals surface area contributed by atoms with Crippen LogP contribution >= 0.6 is 0 Å². The lowest BCUT2D eigenvalue weighted by Crippen LogP contribution is -2.41. The normalized spacial score (nSPS) is 18.9. The van der Waals surface area contributed by atoms with E-state index in [2.05, 4.69) is 20.1 Å². The SMILES string of the molecule is O=C(c1ocnc1C1CC1)N1CCc2[nH]cnc2[C@@H]1c1cc2c(F)cccn2n1. The van der Waals surface area contributed by atoms with Gasteiger partial charge in [-0.25, -0.2) is 18.9 Å². The Labute approximate surface area is 164 Å². The molecule has 4 aromatic heterocycles. The number of aromatic nitrogens is 5. The number of H-pyrrole nitrogens is 1. The predicted molar refractivity (Wildman–Crippen MR) is 98.8 cm³/mol. The highest BCUT2D eigenvalue weighted by atomic mass is 19.1. The lowest BCUT2D eigenvalue weighted by molar-refractivity contribution is 0.0652. The zero-order chi connectivity index (χ0) is 19.5. The Kier molecular flexibility index (Phi) is 3.41. The van der Waals surface area contributed by atoms with Gasteiger partial charge in [-0.3, -0.25) is 4.79 Å². The van der Waals surface area contributed by atoms with Crippen molar-refractivity contribution in [2.45, 2.75) is 31.2 Å². The summed E-state index contributed by atoms with van der Waals surface area (Å²) in [4.78, 5) is 27.0. The van der Waals surface area contributed by atoms with Gasteiger partial charge in [0.2, 0.25) is 5.76 Å². The highest BCUT2D eigenvalue weighted by Crippen LogP contribution is 2.42. The molecule has 0 saturated heterocycles. The highest BCUT2D eigenvalue weighted by molar-refractivity contribution is 5.93. The van der Waals surface area contributed by atoms with Crippen molar-refractivity contribution >= 4 is 11.4 Å². The third kappa shape index (κ3) is 2.50. The summed E-state index contributed by atoms with van der Waals surface area (Å²) in [5.74, 6) is -0.0263. The smallest absolute Gasteiger partial charge is 0.292 e. The molecule has 5 heterocycles. The number of hydrogen-bond acceptors (Lipinski definition) is 5. The summed E-state index contributed by atoms with van der Waals surface area (Å²) in [5, 5.41) is 4.54. The van der Waals surface area contributed by atoms with Crippen molar-refractivity contribution in [2.24, 2.45) is 0 Å². The maximum absolute atomic E-state index is 14.2. The first-order valence-electron chi connectivity index (χ1n) is 9.61. The molecule has 1 aliphatic carbocycles. The van der Waals surface area contributed by atoms with Gasteiger partial charge in [0.05, 0.1) is 23.4 Å². The number of fused-ring (bicyclic) bond motifs is 2. The Morgan fingerprint density at radius 3 is 3.00 bits per heavy atom. The van der Waals surface area contributed by atoms with Crippen LogP contribution in [0.4, 0.5) is 4.39 Å². The maximum atomic E-state index is 14.2. The first-order valence-corrected chi connectivity index (χ1v) is 9.61. The molecule has 0 radical (unpaired) electrons. The lowest BCUT2D eigenvalue weighted by Gasteiger charge is -2.33. The molecular formula is C20H17FN6O2. The van der Waals surface area contributed by atoms with Crippen molar-refractivity contribution in [1.29, 1.82) is 0 Å². The molecule has 1 fully saturated rings. The average molecular weight is 392 g/mol. The molecule has 0 bridgehead atoms. The molecule has 2 aliphatic rings.